The van der Waals surface area contributed by atoms with Crippen molar-refractivity contribution in [2.24, 2.45) is 5.73 Å². The first-order valence-electron chi connectivity index (χ1n) is 3.50. The molecule has 0 fully saturated rings. The van der Waals surface area contributed by atoms with E-state index in [1.807, 2.05) is 5.92 Å². The van der Waals surface area contributed by atoms with Gasteiger partial charge in [0, 0.05) is 5.56 Å². The topological polar surface area (TPSA) is 63.3 Å². The molecule has 1 aromatic rings. The van der Waals surface area contributed by atoms with Crippen molar-refractivity contribution in [3.05, 3.63) is 29.3 Å². The van der Waals surface area contributed by atoms with Crippen LogP contribution in [0.25, 0.3) is 0 Å². The van der Waals surface area contributed by atoms with Crippen LogP contribution < -0.4 is 5.73 Å². The molecule has 5 heteroatoms. The predicted octanol–water partition coefficient (Wildman–Crippen LogP) is 0.507. The molecule has 3 N–H and O–H groups in total. The van der Waals surface area contributed by atoms with Crippen LogP contribution in [0.5, 0.6) is 5.75 Å². The Bertz CT molecular complexity index is 423. The van der Waals surface area contributed by atoms with Crippen molar-refractivity contribution in [1.82, 2.24) is 0 Å². The van der Waals surface area contributed by atoms with Gasteiger partial charge in [-0.1, -0.05) is 5.92 Å². The quantitative estimate of drug-likeness (QED) is 0.595. The summed E-state index contributed by atoms with van der Waals surface area (Å²) in [4.78, 5) is 10.2. The Balaban J connectivity index is 3.15. The minimum atomic E-state index is -1.35. The van der Waals surface area contributed by atoms with Gasteiger partial charge in [0.15, 0.2) is 17.4 Å². The molecule has 3 nitrogen and oxygen atoms in total. The van der Waals surface area contributed by atoms with Gasteiger partial charge in [-0.2, -0.15) is 4.39 Å². The Morgan fingerprint density at radius 2 is 2.07 bits per heavy atom. The van der Waals surface area contributed by atoms with Gasteiger partial charge in [-0.15, -0.1) is 0 Å². The number of hydrogen-bond acceptors (Lipinski definition) is 2. The molecule has 0 aliphatic carbocycles. The van der Waals surface area contributed by atoms with E-state index in [4.69, 9.17) is 10.8 Å². The molecule has 1 aromatic carbocycles. The Labute approximate surface area is 78.2 Å². The van der Waals surface area contributed by atoms with Crippen LogP contribution >= 0.6 is 0 Å². The van der Waals surface area contributed by atoms with E-state index in [0.29, 0.717) is 0 Å². The number of carbonyl (C=O) groups is 1. The van der Waals surface area contributed by atoms with Gasteiger partial charge in [0.2, 0.25) is 0 Å². The average molecular weight is 197 g/mol. The van der Waals surface area contributed by atoms with E-state index in [-0.39, 0.29) is 5.56 Å². The normalized spacial score (nSPS) is 9.00. The maximum Gasteiger partial charge on any atom is 0.293 e. The zero-order chi connectivity index (χ0) is 10.7. The summed E-state index contributed by atoms with van der Waals surface area (Å²) < 4.78 is 25.2. The fraction of sp³-hybridized carbons (Fsp3) is 0. The van der Waals surface area contributed by atoms with E-state index in [1.165, 1.54) is 0 Å². The number of primary amides is 1. The van der Waals surface area contributed by atoms with Crippen molar-refractivity contribution in [2.75, 3.05) is 0 Å². The first kappa shape index (κ1) is 9.99. The number of phenols is 1. The molecule has 0 radical (unpaired) electrons. The largest absolute Gasteiger partial charge is 0.505 e. The van der Waals surface area contributed by atoms with E-state index in [0.717, 1.165) is 12.1 Å². The minimum absolute atomic E-state index is 0.0276. The average Bonchev–Trinajstić information content (AvgIpc) is 2.10. The summed E-state index contributed by atoms with van der Waals surface area (Å²) in [7, 11) is 0. The SMILES string of the molecule is NC(=O)C#Cc1cc(O)c(F)c(F)c1. The maximum absolute atomic E-state index is 12.6. The zero-order valence-electron chi connectivity index (χ0n) is 6.84. The first-order chi connectivity index (χ1) is 6.50. The summed E-state index contributed by atoms with van der Waals surface area (Å²) in [5.74, 6) is -0.260. The van der Waals surface area contributed by atoms with Crippen molar-refractivity contribution in [3.63, 3.8) is 0 Å². The lowest BCUT2D eigenvalue weighted by atomic mass is 10.2. The lowest BCUT2D eigenvalue weighted by molar-refractivity contribution is -0.112. The highest BCUT2D eigenvalue weighted by Crippen LogP contribution is 2.19. The molecule has 0 atom stereocenters. The van der Waals surface area contributed by atoms with E-state index in [9.17, 15) is 13.6 Å². The van der Waals surface area contributed by atoms with Crippen molar-refractivity contribution >= 4 is 5.91 Å². The summed E-state index contributed by atoms with van der Waals surface area (Å²) in [5.41, 5.74) is 4.68. The predicted molar refractivity (Wildman–Crippen MR) is 44.1 cm³/mol. The van der Waals surface area contributed by atoms with Gasteiger partial charge < -0.3 is 10.8 Å². The number of carbonyl (C=O) groups excluding carboxylic acids is 1. The highest BCUT2D eigenvalue weighted by Gasteiger charge is 2.08. The van der Waals surface area contributed by atoms with Gasteiger partial charge in [-0.3, -0.25) is 4.79 Å². The van der Waals surface area contributed by atoms with Crippen LogP contribution in [0.15, 0.2) is 12.1 Å². The Kier molecular flexibility index (Phi) is 2.67. The molecular formula is C9H5F2NO2. The summed E-state index contributed by atoms with van der Waals surface area (Å²) in [6.45, 7) is 0. The zero-order valence-corrected chi connectivity index (χ0v) is 6.84. The van der Waals surface area contributed by atoms with E-state index in [2.05, 4.69) is 5.92 Å². The third kappa shape index (κ3) is 2.20. The number of hydrogen-bond donors (Lipinski definition) is 2. The second-order valence-electron chi connectivity index (χ2n) is 2.41. The van der Waals surface area contributed by atoms with E-state index >= 15 is 0 Å². The number of halogens is 2. The third-order valence-corrected chi connectivity index (χ3v) is 1.34. The van der Waals surface area contributed by atoms with Crippen molar-refractivity contribution in [1.29, 1.82) is 0 Å². The van der Waals surface area contributed by atoms with Crippen LogP contribution in [0, 0.1) is 23.5 Å². The van der Waals surface area contributed by atoms with Crippen LogP contribution in [0.3, 0.4) is 0 Å². The maximum atomic E-state index is 12.6. The first-order valence-corrected chi connectivity index (χ1v) is 3.50. The van der Waals surface area contributed by atoms with Crippen molar-refractivity contribution in [2.45, 2.75) is 0 Å². The number of aromatic hydroxyl groups is 1. The monoisotopic (exact) mass is 197 g/mol. The molecular weight excluding hydrogens is 192 g/mol. The fourth-order valence-electron chi connectivity index (χ4n) is 0.780. The van der Waals surface area contributed by atoms with Gasteiger partial charge in [-0.25, -0.2) is 4.39 Å². The summed E-state index contributed by atoms with van der Waals surface area (Å²) in [6, 6.07) is 1.65. The van der Waals surface area contributed by atoms with Crippen molar-refractivity contribution < 1.29 is 18.7 Å². The molecule has 0 bridgehead atoms. The van der Waals surface area contributed by atoms with E-state index < -0.39 is 23.3 Å². The number of benzene rings is 1. The summed E-state index contributed by atoms with van der Waals surface area (Å²) in [5, 5.41) is 8.85. The Hall–Kier alpha value is -2.09. The standard InChI is InChI=1S/C9H5F2NO2/c10-6-3-5(1-2-8(12)14)4-7(13)9(6)11/h3-4,13H,(H2,12,14). The van der Waals surface area contributed by atoms with Crippen LogP contribution in [0.4, 0.5) is 8.78 Å². The number of amides is 1. The van der Waals surface area contributed by atoms with Gasteiger partial charge >= 0.3 is 0 Å². The minimum Gasteiger partial charge on any atom is -0.505 e. The van der Waals surface area contributed by atoms with Crippen LogP contribution in [0.1, 0.15) is 5.56 Å². The Morgan fingerprint density at radius 3 is 2.57 bits per heavy atom. The third-order valence-electron chi connectivity index (χ3n) is 1.34. The van der Waals surface area contributed by atoms with Gasteiger partial charge in [-0.05, 0) is 18.1 Å². The molecule has 0 saturated heterocycles. The molecule has 0 saturated carbocycles. The van der Waals surface area contributed by atoms with Crippen molar-refractivity contribution in [3.8, 4) is 17.6 Å². The second kappa shape index (κ2) is 3.75. The molecule has 0 aliphatic heterocycles. The lowest BCUT2D eigenvalue weighted by Gasteiger charge is -1.97. The molecule has 1 amide bonds. The van der Waals surface area contributed by atoms with Gasteiger partial charge in [0.05, 0.1) is 0 Å². The number of phenolic OH excluding ortho intramolecular Hbond substituents is 1. The molecule has 72 valence electrons. The second-order valence-corrected chi connectivity index (χ2v) is 2.41. The molecule has 0 spiro atoms. The number of nitrogens with two attached hydrogens (primary N) is 1. The number of rotatable bonds is 0. The molecule has 0 aliphatic rings. The summed E-state index contributed by atoms with van der Waals surface area (Å²) in [6.07, 6.45) is 0. The van der Waals surface area contributed by atoms with Crippen LogP contribution in [0.2, 0.25) is 0 Å². The molecule has 1 rings (SSSR count). The van der Waals surface area contributed by atoms with Gasteiger partial charge in [0.1, 0.15) is 0 Å². The molecule has 14 heavy (non-hydrogen) atoms. The highest BCUT2D eigenvalue weighted by molar-refractivity contribution is 5.92. The van der Waals surface area contributed by atoms with Crippen LogP contribution in [-0.4, -0.2) is 11.0 Å². The smallest absolute Gasteiger partial charge is 0.293 e. The van der Waals surface area contributed by atoms with E-state index in [1.54, 1.807) is 0 Å². The lowest BCUT2D eigenvalue weighted by Crippen LogP contribution is -2.06. The molecule has 0 unspecified atom stereocenters. The van der Waals surface area contributed by atoms with Crippen LogP contribution in [-0.2, 0) is 4.79 Å². The fourth-order valence-corrected chi connectivity index (χ4v) is 0.780. The molecule has 0 heterocycles. The molecule has 0 aromatic heterocycles. The van der Waals surface area contributed by atoms with Gasteiger partial charge in [0.25, 0.3) is 5.91 Å². The summed E-state index contributed by atoms with van der Waals surface area (Å²) >= 11 is 0. The Morgan fingerprint density at radius 1 is 1.43 bits per heavy atom. The highest BCUT2D eigenvalue weighted by atomic mass is 19.2.